The molecule has 0 aromatic carbocycles. The van der Waals surface area contributed by atoms with Gasteiger partial charge in [0.2, 0.25) is 0 Å². The molecule has 0 spiro atoms. The van der Waals surface area contributed by atoms with Crippen molar-refractivity contribution in [2.75, 3.05) is 6.61 Å². The molecule has 0 amide bonds. The maximum atomic E-state index is 10.1. The van der Waals surface area contributed by atoms with E-state index in [0.29, 0.717) is 6.29 Å². The van der Waals surface area contributed by atoms with Crippen LogP contribution in [0.4, 0.5) is 0 Å². The number of hydrogen-bond donors (Lipinski definition) is 1. The summed E-state index contributed by atoms with van der Waals surface area (Å²) in [6.07, 6.45) is 1.64. The van der Waals surface area contributed by atoms with Crippen molar-refractivity contribution in [1.82, 2.24) is 0 Å². The highest BCUT2D eigenvalue weighted by Crippen LogP contribution is 1.80. The molecule has 0 fully saturated rings. The Morgan fingerprint density at radius 2 is 2.78 bits per heavy atom. The average molecular weight is 132 g/mol. The number of aldehydes is 1. The summed E-state index contributed by atoms with van der Waals surface area (Å²) >= 11 is 0. The lowest BCUT2D eigenvalue weighted by Crippen LogP contribution is -2.02. The molecule has 1 N–H and O–H groups in total. The molecule has 0 aliphatic heterocycles. The van der Waals surface area contributed by atoms with Gasteiger partial charge in [-0.25, -0.2) is 0 Å². The van der Waals surface area contributed by atoms with Gasteiger partial charge in [-0.2, -0.15) is 0 Å². The first kappa shape index (κ1) is 5.94. The number of ether oxygens (including phenoxy) is 1. The summed E-state index contributed by atoms with van der Waals surface area (Å²) in [4.78, 5) is 9.67. The zero-order valence-electron chi connectivity index (χ0n) is 5.70. The monoisotopic (exact) mass is 132 g/mol. The van der Waals surface area contributed by atoms with E-state index in [2.05, 4.69) is 9.85 Å². The van der Waals surface area contributed by atoms with E-state index in [1.165, 1.54) is 0 Å². The van der Waals surface area contributed by atoms with Gasteiger partial charge >= 0.3 is 0 Å². The fourth-order valence-corrected chi connectivity index (χ4v) is 0.243. The maximum absolute atomic E-state index is 10.1. The summed E-state index contributed by atoms with van der Waals surface area (Å²) in [5.74, 6) is -0.883. The molecule has 0 atom stereocenters. The van der Waals surface area contributed by atoms with Gasteiger partial charge in [0.15, 0.2) is 0 Å². The zero-order chi connectivity index (χ0) is 7.82. The van der Waals surface area contributed by atoms with Crippen LogP contribution < -0.4 is 5.11 Å². The molecular formula is C5H7O4-. The lowest BCUT2D eigenvalue weighted by atomic mass is 10.5. The Balaban J connectivity index is 3.24. The van der Waals surface area contributed by atoms with Gasteiger partial charge in [0.25, 0.3) is 0 Å². The fourth-order valence-electron chi connectivity index (χ4n) is 0.243. The van der Waals surface area contributed by atoms with Crippen LogP contribution in [0.25, 0.3) is 1.43 Å². The first-order valence-electron chi connectivity index (χ1n) is 2.77. The summed E-state index contributed by atoms with van der Waals surface area (Å²) in [7, 11) is 0. The van der Waals surface area contributed by atoms with Gasteiger partial charge < -0.3 is 19.7 Å². The van der Waals surface area contributed by atoms with E-state index in [1.807, 2.05) is 0 Å². The van der Waals surface area contributed by atoms with Gasteiger partial charge in [-0.3, -0.25) is 0 Å². The third-order valence-corrected chi connectivity index (χ3v) is 0.533. The summed E-state index contributed by atoms with van der Waals surface area (Å²) in [6, 6.07) is 0. The zero-order valence-corrected chi connectivity index (χ0v) is 4.70. The number of carbonyl (C=O) groups excluding carboxylic acids is 1. The molecule has 0 rings (SSSR count). The average Bonchev–Trinajstić information content (AvgIpc) is 1.98. The van der Waals surface area contributed by atoms with Crippen molar-refractivity contribution in [1.29, 1.82) is 1.43 Å². The molecule has 9 heavy (non-hydrogen) atoms. The minimum absolute atomic E-state index is 0.137. The van der Waals surface area contributed by atoms with Crippen LogP contribution in [-0.4, -0.2) is 18.0 Å². The van der Waals surface area contributed by atoms with Crippen LogP contribution in [0.3, 0.4) is 0 Å². The first-order chi connectivity index (χ1) is 4.81. The third-order valence-electron chi connectivity index (χ3n) is 0.533. The molecule has 0 aliphatic rings. The van der Waals surface area contributed by atoms with Crippen LogP contribution in [0, 0.1) is 0 Å². The predicted octanol–water partition coefficient (Wildman–Crippen LogP) is -0.691. The second-order valence-corrected chi connectivity index (χ2v) is 1.26. The van der Waals surface area contributed by atoms with Crippen molar-refractivity contribution in [3.05, 3.63) is 12.2 Å². The minimum atomic E-state index is -0.883. The summed E-state index contributed by atoms with van der Waals surface area (Å²) in [5, 5.41) is 13.6. The van der Waals surface area contributed by atoms with Crippen molar-refractivity contribution >= 4 is 6.29 Å². The number of aliphatic hydroxyl groups excluding tert-OH is 1. The van der Waals surface area contributed by atoms with E-state index in [4.69, 9.17) is 1.43 Å². The summed E-state index contributed by atoms with van der Waals surface area (Å²) < 4.78 is 10.5. The Bertz CT molecular complexity index is 123. The molecule has 0 heterocycles. The van der Waals surface area contributed by atoms with Crippen LogP contribution in [0.2, 0.25) is 0 Å². The van der Waals surface area contributed by atoms with E-state index < -0.39 is 5.95 Å². The van der Waals surface area contributed by atoms with Gasteiger partial charge in [-0.1, -0.05) is 0 Å². The fraction of sp³-hybridized carbons (Fsp3) is 0.400. The summed E-state index contributed by atoms with van der Waals surface area (Å²) in [6.45, 7) is 0.137. The van der Waals surface area contributed by atoms with E-state index in [0.717, 1.165) is 6.26 Å². The predicted molar refractivity (Wildman–Crippen MR) is 27.3 cm³/mol. The number of hydrogen-bond acceptors (Lipinski definition) is 4. The Labute approximate surface area is 53.9 Å². The van der Waals surface area contributed by atoms with Crippen molar-refractivity contribution in [2.45, 2.75) is 6.42 Å². The molecule has 0 bridgehead atoms. The van der Waals surface area contributed by atoms with E-state index in [9.17, 15) is 9.90 Å². The lowest BCUT2D eigenvalue weighted by molar-refractivity contribution is -0.351. The van der Waals surface area contributed by atoms with E-state index in [1.54, 1.807) is 0 Å². The van der Waals surface area contributed by atoms with Gasteiger partial charge in [0.1, 0.15) is 14.0 Å². The molecule has 52 valence electrons. The van der Waals surface area contributed by atoms with E-state index >= 15 is 0 Å². The van der Waals surface area contributed by atoms with Crippen LogP contribution in [0.5, 0.6) is 0 Å². The van der Waals surface area contributed by atoms with Crippen LogP contribution >= 0.6 is 0 Å². The molecule has 0 saturated heterocycles. The Morgan fingerprint density at radius 1 is 2.00 bits per heavy atom. The highest BCUT2D eigenvalue weighted by Gasteiger charge is 1.79. The standard InChI is InChI=1S/C5H8O4/c6-2-1-3-9-4-5(7)8/h2,4,7-8H,1,3H2/p-1/i/hD. The van der Waals surface area contributed by atoms with Crippen molar-refractivity contribution in [3.8, 4) is 0 Å². The lowest BCUT2D eigenvalue weighted by Gasteiger charge is -1.98. The Hall–Kier alpha value is -1.19. The highest BCUT2D eigenvalue weighted by molar-refractivity contribution is 5.49. The van der Waals surface area contributed by atoms with Crippen LogP contribution in [0.15, 0.2) is 12.2 Å². The molecule has 4 heteroatoms. The molecule has 0 unspecified atom stereocenters. The molecule has 4 nitrogen and oxygen atoms in total. The quantitative estimate of drug-likeness (QED) is 0.305. The first-order valence-corrected chi connectivity index (χ1v) is 2.37. The second-order valence-electron chi connectivity index (χ2n) is 1.26. The second kappa shape index (κ2) is 4.96. The van der Waals surface area contributed by atoms with E-state index in [-0.39, 0.29) is 13.0 Å². The number of carbonyl (C=O) groups is 1. The molecule has 0 saturated carbocycles. The SMILES string of the molecule is [2H]O/C([O-])=C/OCCC=O. The molecule has 0 aliphatic carbocycles. The summed E-state index contributed by atoms with van der Waals surface area (Å²) in [5.41, 5.74) is 0. The van der Waals surface area contributed by atoms with Crippen LogP contribution in [-0.2, 0) is 9.53 Å². The van der Waals surface area contributed by atoms with Crippen molar-refractivity contribution < 1.29 is 19.7 Å². The topological polar surface area (TPSA) is 69.6 Å². The molecule has 0 aromatic rings. The number of aliphatic hydroxyl groups is 1. The third kappa shape index (κ3) is 6.81. The normalized spacial score (nSPS) is 12.0. The Kier molecular flexibility index (Phi) is 3.27. The molecular weight excluding hydrogens is 124 g/mol. The van der Waals surface area contributed by atoms with Crippen molar-refractivity contribution in [2.24, 2.45) is 0 Å². The maximum Gasteiger partial charge on any atom is 0.123 e. The number of rotatable bonds is 5. The molecule has 0 radical (unpaired) electrons. The van der Waals surface area contributed by atoms with Gasteiger partial charge in [-0.05, 0) is 0 Å². The minimum Gasteiger partial charge on any atom is -0.627 e. The van der Waals surface area contributed by atoms with Gasteiger partial charge in [0, 0.05) is 6.42 Å². The van der Waals surface area contributed by atoms with Crippen molar-refractivity contribution in [3.63, 3.8) is 0 Å². The Morgan fingerprint density at radius 3 is 3.33 bits per heavy atom. The van der Waals surface area contributed by atoms with Crippen LogP contribution in [0.1, 0.15) is 6.42 Å². The van der Waals surface area contributed by atoms with Gasteiger partial charge in [0.05, 0.1) is 12.6 Å². The smallest absolute Gasteiger partial charge is 0.123 e. The van der Waals surface area contributed by atoms with Gasteiger partial charge in [-0.15, -0.1) is 0 Å². The molecule has 0 aromatic heterocycles. The highest BCUT2D eigenvalue weighted by atomic mass is 16.5. The largest absolute Gasteiger partial charge is 0.627 e.